The Morgan fingerprint density at radius 2 is 1.58 bits per heavy atom. The van der Waals surface area contributed by atoms with Gasteiger partial charge in [-0.3, -0.25) is 14.5 Å². The highest BCUT2D eigenvalue weighted by atomic mass is 32.1. The second-order valence-corrected chi connectivity index (χ2v) is 9.20. The molecule has 0 unspecified atom stereocenters. The van der Waals surface area contributed by atoms with Crippen LogP contribution in [0, 0.1) is 5.82 Å². The van der Waals surface area contributed by atoms with Gasteiger partial charge in [0, 0.05) is 55.1 Å². The summed E-state index contributed by atoms with van der Waals surface area (Å²) in [5, 5.41) is 0. The lowest BCUT2D eigenvalue weighted by Crippen LogP contribution is -2.51. The van der Waals surface area contributed by atoms with Crippen molar-refractivity contribution >= 4 is 29.2 Å². The largest absolute Gasteiger partial charge is 0.342 e. The summed E-state index contributed by atoms with van der Waals surface area (Å²) < 4.78 is 13.1. The highest BCUT2D eigenvalue weighted by Crippen LogP contribution is 2.29. The van der Waals surface area contributed by atoms with E-state index in [1.54, 1.807) is 29.5 Å². The number of carbonyl (C=O) groups is 2. The van der Waals surface area contributed by atoms with Gasteiger partial charge in [0.1, 0.15) is 5.82 Å². The van der Waals surface area contributed by atoms with E-state index in [0.29, 0.717) is 19.6 Å². The monoisotopic (exact) mass is 441 g/mol. The molecule has 31 heavy (non-hydrogen) atoms. The van der Waals surface area contributed by atoms with E-state index in [9.17, 15) is 14.0 Å². The van der Waals surface area contributed by atoms with Gasteiger partial charge in [0.05, 0.1) is 6.54 Å². The van der Waals surface area contributed by atoms with Crippen LogP contribution in [0.4, 0.5) is 4.39 Å². The number of piperidine rings is 1. The number of likely N-dealkylation sites (tertiary alicyclic amines) is 1. The van der Waals surface area contributed by atoms with Crippen molar-refractivity contribution in [1.29, 1.82) is 0 Å². The first-order valence-corrected chi connectivity index (χ1v) is 11.7. The van der Waals surface area contributed by atoms with Gasteiger partial charge < -0.3 is 9.80 Å². The van der Waals surface area contributed by atoms with Gasteiger partial charge in [-0.15, -0.1) is 11.3 Å². The molecule has 0 radical (unpaired) electrons. The molecule has 2 aliphatic rings. The average Bonchev–Trinajstić information content (AvgIpc) is 3.28. The van der Waals surface area contributed by atoms with E-state index in [4.69, 9.17) is 0 Å². The van der Waals surface area contributed by atoms with Crippen LogP contribution < -0.4 is 0 Å². The molecule has 2 aromatic rings. The minimum Gasteiger partial charge on any atom is -0.342 e. The second-order valence-electron chi connectivity index (χ2n) is 8.09. The SMILES string of the molecule is O=C(/C=C/c1ccc(-c2ccc(F)cc2)s1)N1CCN(CC(=O)N2CCCCC2)CC1. The zero-order valence-electron chi connectivity index (χ0n) is 17.6. The molecule has 2 amide bonds. The molecule has 0 bridgehead atoms. The van der Waals surface area contributed by atoms with Crippen molar-refractivity contribution in [2.75, 3.05) is 45.8 Å². The third-order valence-corrected chi connectivity index (χ3v) is 7.00. The van der Waals surface area contributed by atoms with Gasteiger partial charge in [-0.2, -0.15) is 0 Å². The van der Waals surface area contributed by atoms with Crippen molar-refractivity contribution in [3.8, 4) is 10.4 Å². The van der Waals surface area contributed by atoms with E-state index in [1.165, 1.54) is 18.6 Å². The van der Waals surface area contributed by atoms with Crippen LogP contribution >= 0.6 is 11.3 Å². The van der Waals surface area contributed by atoms with E-state index in [-0.39, 0.29) is 17.6 Å². The number of nitrogens with zero attached hydrogens (tertiary/aromatic N) is 3. The first-order chi connectivity index (χ1) is 15.1. The Balaban J connectivity index is 1.25. The molecule has 1 aromatic carbocycles. The van der Waals surface area contributed by atoms with Gasteiger partial charge in [-0.05, 0) is 55.2 Å². The van der Waals surface area contributed by atoms with Crippen molar-refractivity contribution in [3.63, 3.8) is 0 Å². The highest BCUT2D eigenvalue weighted by Gasteiger charge is 2.24. The number of thiophene rings is 1. The lowest BCUT2D eigenvalue weighted by molar-refractivity contribution is -0.134. The Morgan fingerprint density at radius 1 is 0.871 bits per heavy atom. The summed E-state index contributed by atoms with van der Waals surface area (Å²) in [6, 6.07) is 10.4. The van der Waals surface area contributed by atoms with Crippen LogP contribution in [0.2, 0.25) is 0 Å². The highest BCUT2D eigenvalue weighted by molar-refractivity contribution is 7.16. The molecule has 4 rings (SSSR count). The van der Waals surface area contributed by atoms with Crippen molar-refractivity contribution in [2.24, 2.45) is 0 Å². The Bertz CT molecular complexity index is 927. The Hall–Kier alpha value is -2.51. The molecule has 2 fully saturated rings. The predicted molar refractivity (Wildman–Crippen MR) is 122 cm³/mol. The van der Waals surface area contributed by atoms with Gasteiger partial charge in [0.15, 0.2) is 0 Å². The molecule has 0 aliphatic carbocycles. The molecule has 0 N–H and O–H groups in total. The van der Waals surface area contributed by atoms with E-state index in [0.717, 1.165) is 54.3 Å². The molecular formula is C24H28FN3O2S. The Morgan fingerprint density at radius 3 is 2.29 bits per heavy atom. The number of piperazine rings is 1. The smallest absolute Gasteiger partial charge is 0.246 e. The van der Waals surface area contributed by atoms with Gasteiger partial charge in [0.25, 0.3) is 0 Å². The van der Waals surface area contributed by atoms with Gasteiger partial charge in [0.2, 0.25) is 11.8 Å². The fourth-order valence-electron chi connectivity index (χ4n) is 4.03. The summed E-state index contributed by atoms with van der Waals surface area (Å²) in [4.78, 5) is 33.0. The first kappa shape index (κ1) is 21.7. The summed E-state index contributed by atoms with van der Waals surface area (Å²) in [5.41, 5.74) is 0.965. The molecule has 1 aromatic heterocycles. The minimum atomic E-state index is -0.248. The van der Waals surface area contributed by atoms with Gasteiger partial charge in [-0.1, -0.05) is 12.1 Å². The molecular weight excluding hydrogens is 413 g/mol. The van der Waals surface area contributed by atoms with Crippen LogP contribution in [0.1, 0.15) is 24.1 Å². The number of amides is 2. The summed E-state index contributed by atoms with van der Waals surface area (Å²) in [6.07, 6.45) is 6.89. The quantitative estimate of drug-likeness (QED) is 0.665. The summed E-state index contributed by atoms with van der Waals surface area (Å²) >= 11 is 1.57. The number of carbonyl (C=O) groups excluding carboxylic acids is 2. The van der Waals surface area contributed by atoms with Crippen molar-refractivity contribution in [3.05, 3.63) is 53.2 Å². The maximum Gasteiger partial charge on any atom is 0.246 e. The van der Waals surface area contributed by atoms with E-state index >= 15 is 0 Å². The maximum atomic E-state index is 13.1. The zero-order valence-corrected chi connectivity index (χ0v) is 18.5. The van der Waals surface area contributed by atoms with Crippen LogP contribution in [-0.4, -0.2) is 72.3 Å². The van der Waals surface area contributed by atoms with Crippen LogP contribution in [-0.2, 0) is 9.59 Å². The number of halogens is 1. The Kier molecular flexibility index (Phi) is 7.14. The lowest BCUT2D eigenvalue weighted by atomic mass is 10.1. The topological polar surface area (TPSA) is 43.9 Å². The number of hydrogen-bond acceptors (Lipinski definition) is 4. The fourth-order valence-corrected chi connectivity index (χ4v) is 4.95. The zero-order chi connectivity index (χ0) is 21.6. The molecule has 0 atom stereocenters. The van der Waals surface area contributed by atoms with Crippen molar-refractivity contribution in [2.45, 2.75) is 19.3 Å². The maximum absolute atomic E-state index is 13.1. The lowest BCUT2D eigenvalue weighted by Gasteiger charge is -2.35. The molecule has 7 heteroatoms. The Labute approximate surface area is 186 Å². The molecule has 0 saturated carbocycles. The molecule has 2 saturated heterocycles. The molecule has 3 heterocycles. The minimum absolute atomic E-state index is 0.00117. The third kappa shape index (κ3) is 5.80. The van der Waals surface area contributed by atoms with E-state index < -0.39 is 0 Å². The number of rotatable bonds is 5. The summed E-state index contributed by atoms with van der Waals surface area (Å²) in [7, 11) is 0. The van der Waals surface area contributed by atoms with E-state index in [2.05, 4.69) is 4.90 Å². The van der Waals surface area contributed by atoms with E-state index in [1.807, 2.05) is 28.0 Å². The molecule has 5 nitrogen and oxygen atoms in total. The number of hydrogen-bond donors (Lipinski definition) is 0. The van der Waals surface area contributed by atoms with Crippen LogP contribution in [0.25, 0.3) is 16.5 Å². The average molecular weight is 442 g/mol. The summed E-state index contributed by atoms with van der Waals surface area (Å²) in [5.74, 6) is -0.0326. The molecule has 164 valence electrons. The van der Waals surface area contributed by atoms with Gasteiger partial charge in [-0.25, -0.2) is 4.39 Å². The first-order valence-electron chi connectivity index (χ1n) is 10.9. The second kappa shape index (κ2) is 10.2. The van der Waals surface area contributed by atoms with Crippen LogP contribution in [0.5, 0.6) is 0 Å². The normalized spacial score (nSPS) is 18.0. The molecule has 2 aliphatic heterocycles. The van der Waals surface area contributed by atoms with Crippen LogP contribution in [0.3, 0.4) is 0 Å². The number of benzene rings is 1. The van der Waals surface area contributed by atoms with Crippen molar-refractivity contribution in [1.82, 2.24) is 14.7 Å². The van der Waals surface area contributed by atoms with Crippen LogP contribution in [0.15, 0.2) is 42.5 Å². The van der Waals surface area contributed by atoms with Gasteiger partial charge >= 0.3 is 0 Å². The molecule has 0 spiro atoms. The third-order valence-electron chi connectivity index (χ3n) is 5.90. The summed E-state index contributed by atoms with van der Waals surface area (Å²) in [6.45, 7) is 4.96. The fraction of sp³-hybridized carbons (Fsp3) is 0.417. The predicted octanol–water partition coefficient (Wildman–Crippen LogP) is 3.72. The van der Waals surface area contributed by atoms with Crippen molar-refractivity contribution < 1.29 is 14.0 Å². The standard InChI is InChI=1S/C24H28FN3O2S/c25-20-6-4-19(5-7-20)22-10-8-21(31-22)9-11-23(29)28-16-14-26(15-17-28)18-24(30)27-12-2-1-3-13-27/h4-11H,1-3,12-18H2/b11-9+.